The molecule has 5 nitrogen and oxygen atoms in total. The van der Waals surface area contributed by atoms with E-state index < -0.39 is 0 Å². The first kappa shape index (κ1) is 17.5. The van der Waals surface area contributed by atoms with Gasteiger partial charge in [-0.1, -0.05) is 13.0 Å². The first-order chi connectivity index (χ1) is 11.0. The summed E-state index contributed by atoms with van der Waals surface area (Å²) in [6.07, 6.45) is 2.85. The van der Waals surface area contributed by atoms with Crippen LogP contribution in [0.2, 0.25) is 0 Å². The molecular formula is C18H26N2O3. The van der Waals surface area contributed by atoms with Gasteiger partial charge in [-0.05, 0) is 62.4 Å². The third-order valence-electron chi connectivity index (χ3n) is 4.57. The number of anilines is 1. The molecule has 0 aliphatic carbocycles. The van der Waals surface area contributed by atoms with Crippen molar-refractivity contribution in [3.05, 3.63) is 29.3 Å². The van der Waals surface area contributed by atoms with Crippen LogP contribution in [0.25, 0.3) is 0 Å². The fourth-order valence-corrected chi connectivity index (χ4v) is 3.07. The van der Waals surface area contributed by atoms with Gasteiger partial charge in [-0.15, -0.1) is 0 Å². The van der Waals surface area contributed by atoms with Crippen molar-refractivity contribution in [1.82, 2.24) is 5.32 Å². The molecule has 1 saturated heterocycles. The largest absolute Gasteiger partial charge is 0.465 e. The lowest BCUT2D eigenvalue weighted by atomic mass is 9.85. The second-order valence-corrected chi connectivity index (χ2v) is 6.36. The summed E-state index contributed by atoms with van der Waals surface area (Å²) in [6, 6.07) is 5.30. The number of piperidine rings is 1. The maximum Gasteiger partial charge on any atom is 0.338 e. The molecule has 1 aromatic rings. The molecule has 0 aromatic heterocycles. The van der Waals surface area contributed by atoms with Gasteiger partial charge in [-0.25, -0.2) is 4.79 Å². The summed E-state index contributed by atoms with van der Waals surface area (Å²) in [5.41, 5.74) is 1.95. The van der Waals surface area contributed by atoms with Gasteiger partial charge in [0.2, 0.25) is 5.91 Å². The lowest BCUT2D eigenvalue weighted by Crippen LogP contribution is -2.34. The van der Waals surface area contributed by atoms with Crippen LogP contribution in [0.5, 0.6) is 0 Å². The van der Waals surface area contributed by atoms with Crippen LogP contribution in [0.1, 0.15) is 42.1 Å². The normalized spacial score (nSPS) is 19.0. The van der Waals surface area contributed by atoms with Crippen molar-refractivity contribution < 1.29 is 14.3 Å². The number of amides is 1. The fraction of sp³-hybridized carbons (Fsp3) is 0.556. The van der Waals surface area contributed by atoms with E-state index in [1.165, 1.54) is 20.0 Å². The minimum Gasteiger partial charge on any atom is -0.465 e. The highest BCUT2D eigenvalue weighted by Gasteiger charge is 2.22. The monoisotopic (exact) mass is 318 g/mol. The Balaban J connectivity index is 1.95. The first-order valence-electron chi connectivity index (χ1n) is 8.20. The number of methoxy groups -OCH3 is 1. The van der Waals surface area contributed by atoms with E-state index >= 15 is 0 Å². The summed E-state index contributed by atoms with van der Waals surface area (Å²) in [7, 11) is 1.35. The molecule has 23 heavy (non-hydrogen) atoms. The summed E-state index contributed by atoms with van der Waals surface area (Å²) >= 11 is 0. The minimum atomic E-state index is -0.389. The first-order valence-corrected chi connectivity index (χ1v) is 8.20. The van der Waals surface area contributed by atoms with Crippen LogP contribution in [-0.2, 0) is 9.53 Å². The van der Waals surface area contributed by atoms with Crippen LogP contribution in [0.3, 0.4) is 0 Å². The van der Waals surface area contributed by atoms with Gasteiger partial charge in [-0.3, -0.25) is 4.79 Å². The zero-order valence-corrected chi connectivity index (χ0v) is 14.1. The van der Waals surface area contributed by atoms with Crippen molar-refractivity contribution >= 4 is 17.6 Å². The quantitative estimate of drug-likeness (QED) is 0.819. The number of esters is 1. The summed E-state index contributed by atoms with van der Waals surface area (Å²) in [6.45, 7) is 6.04. The Hall–Kier alpha value is -1.88. The van der Waals surface area contributed by atoms with E-state index in [0.717, 1.165) is 18.7 Å². The molecular weight excluding hydrogens is 292 g/mol. The molecule has 5 heteroatoms. The van der Waals surface area contributed by atoms with E-state index in [4.69, 9.17) is 4.74 Å². The van der Waals surface area contributed by atoms with Gasteiger partial charge >= 0.3 is 5.97 Å². The molecule has 1 aromatic carbocycles. The number of carbonyl (C=O) groups excluding carboxylic acids is 2. The Morgan fingerprint density at radius 2 is 2.22 bits per heavy atom. The van der Waals surface area contributed by atoms with Crippen LogP contribution in [-0.4, -0.2) is 32.1 Å². The zero-order chi connectivity index (χ0) is 16.8. The number of hydrogen-bond acceptors (Lipinski definition) is 4. The van der Waals surface area contributed by atoms with Crippen LogP contribution < -0.4 is 10.6 Å². The van der Waals surface area contributed by atoms with E-state index in [1.807, 2.05) is 19.1 Å². The molecule has 1 aliphatic heterocycles. The van der Waals surface area contributed by atoms with Gasteiger partial charge in [0.1, 0.15) is 0 Å². The van der Waals surface area contributed by atoms with Gasteiger partial charge in [0.05, 0.1) is 12.7 Å². The number of aryl methyl sites for hydroxylation is 1. The summed E-state index contributed by atoms with van der Waals surface area (Å²) in [4.78, 5) is 24.0. The highest BCUT2D eigenvalue weighted by atomic mass is 16.5. The Morgan fingerprint density at radius 3 is 2.87 bits per heavy atom. The Labute approximate surface area is 137 Å². The van der Waals surface area contributed by atoms with Gasteiger partial charge in [-0.2, -0.15) is 0 Å². The zero-order valence-electron chi connectivity index (χ0n) is 14.1. The van der Waals surface area contributed by atoms with Crippen molar-refractivity contribution in [1.29, 1.82) is 0 Å². The molecule has 1 heterocycles. The van der Waals surface area contributed by atoms with E-state index in [2.05, 4.69) is 17.6 Å². The lowest BCUT2D eigenvalue weighted by molar-refractivity contribution is -0.117. The topological polar surface area (TPSA) is 67.4 Å². The summed E-state index contributed by atoms with van der Waals surface area (Å²) in [5, 5.41) is 6.28. The van der Waals surface area contributed by atoms with Crippen molar-refractivity contribution in [2.45, 2.75) is 33.1 Å². The maximum absolute atomic E-state index is 12.3. The fourth-order valence-electron chi connectivity index (χ4n) is 3.07. The second-order valence-electron chi connectivity index (χ2n) is 6.36. The Kier molecular flexibility index (Phi) is 6.16. The number of hydrogen-bond donors (Lipinski definition) is 2. The number of ether oxygens (including phenoxy) is 1. The van der Waals surface area contributed by atoms with Crippen molar-refractivity contribution in [2.75, 3.05) is 25.5 Å². The second kappa shape index (κ2) is 8.11. The summed E-state index contributed by atoms with van der Waals surface area (Å²) in [5.74, 6) is 0.495. The highest BCUT2D eigenvalue weighted by Crippen LogP contribution is 2.23. The molecule has 0 bridgehead atoms. The van der Waals surface area contributed by atoms with Gasteiger partial charge in [0.25, 0.3) is 0 Å². The molecule has 0 radical (unpaired) electrons. The number of rotatable bonds is 5. The van der Waals surface area contributed by atoms with Gasteiger partial charge < -0.3 is 15.4 Å². The lowest BCUT2D eigenvalue weighted by Gasteiger charge is -2.28. The van der Waals surface area contributed by atoms with E-state index in [-0.39, 0.29) is 11.9 Å². The van der Waals surface area contributed by atoms with Crippen molar-refractivity contribution in [3.63, 3.8) is 0 Å². The van der Waals surface area contributed by atoms with Crippen LogP contribution >= 0.6 is 0 Å². The van der Waals surface area contributed by atoms with E-state index in [1.54, 1.807) is 6.07 Å². The average Bonchev–Trinajstić information content (AvgIpc) is 2.56. The molecule has 2 rings (SSSR count). The number of nitrogens with one attached hydrogen (secondary N) is 2. The molecule has 2 atom stereocenters. The molecule has 0 saturated carbocycles. The molecule has 126 valence electrons. The Morgan fingerprint density at radius 1 is 1.43 bits per heavy atom. The molecule has 2 N–H and O–H groups in total. The Bertz CT molecular complexity index is 565. The van der Waals surface area contributed by atoms with Crippen LogP contribution in [0, 0.1) is 18.8 Å². The number of benzene rings is 1. The SMILES string of the molecule is COC(=O)c1cc(NC(=O)CC(C)C2CCCNC2)ccc1C. The summed E-state index contributed by atoms with van der Waals surface area (Å²) < 4.78 is 4.76. The van der Waals surface area contributed by atoms with Crippen LogP contribution in [0.15, 0.2) is 18.2 Å². The van der Waals surface area contributed by atoms with Crippen molar-refractivity contribution in [2.24, 2.45) is 11.8 Å². The molecule has 0 spiro atoms. The maximum atomic E-state index is 12.3. The molecule has 1 amide bonds. The van der Waals surface area contributed by atoms with Crippen molar-refractivity contribution in [3.8, 4) is 0 Å². The third-order valence-corrected chi connectivity index (χ3v) is 4.57. The van der Waals surface area contributed by atoms with Gasteiger partial charge in [0, 0.05) is 12.1 Å². The molecule has 2 unspecified atom stereocenters. The predicted octanol–water partition coefficient (Wildman–Crippen LogP) is 2.75. The van der Waals surface area contributed by atoms with E-state index in [9.17, 15) is 9.59 Å². The van der Waals surface area contributed by atoms with E-state index in [0.29, 0.717) is 29.5 Å². The number of carbonyl (C=O) groups is 2. The average molecular weight is 318 g/mol. The smallest absolute Gasteiger partial charge is 0.338 e. The minimum absolute atomic E-state index is 0.0113. The van der Waals surface area contributed by atoms with Crippen LogP contribution in [0.4, 0.5) is 5.69 Å². The molecule has 1 aliphatic rings. The standard InChI is InChI=1S/C18H26N2O3/c1-12-6-7-15(10-16(12)18(22)23-3)20-17(21)9-13(2)14-5-4-8-19-11-14/h6-7,10,13-14,19H,4-5,8-9,11H2,1-3H3,(H,20,21). The third kappa shape index (κ3) is 4.79. The molecule has 1 fully saturated rings. The highest BCUT2D eigenvalue weighted by molar-refractivity contribution is 5.95. The predicted molar refractivity (Wildman–Crippen MR) is 90.5 cm³/mol. The van der Waals surface area contributed by atoms with Gasteiger partial charge in [0.15, 0.2) is 0 Å².